The molecule has 19 heavy (non-hydrogen) atoms. The molecule has 108 valence electrons. The molecule has 1 aromatic rings. The maximum Gasteiger partial charge on any atom is 0.0575 e. The molecule has 0 amide bonds. The SMILES string of the molecule is CCNC(CCC1CCCCO1)c1cnn(CC)c1. The summed E-state index contributed by atoms with van der Waals surface area (Å²) in [6.07, 6.45) is 10.7. The zero-order valence-corrected chi connectivity index (χ0v) is 12.3. The van der Waals surface area contributed by atoms with Crippen LogP contribution in [0.2, 0.25) is 0 Å². The van der Waals surface area contributed by atoms with Gasteiger partial charge >= 0.3 is 0 Å². The summed E-state index contributed by atoms with van der Waals surface area (Å²) in [6.45, 7) is 7.16. The zero-order valence-electron chi connectivity index (χ0n) is 12.3. The Morgan fingerprint density at radius 1 is 1.47 bits per heavy atom. The molecule has 2 rings (SSSR count). The van der Waals surface area contributed by atoms with Gasteiger partial charge in [-0.15, -0.1) is 0 Å². The minimum absolute atomic E-state index is 0.413. The Kier molecular flexibility index (Phi) is 5.86. The van der Waals surface area contributed by atoms with Crippen LogP contribution in [-0.4, -0.2) is 29.0 Å². The quantitative estimate of drug-likeness (QED) is 0.824. The molecule has 1 fully saturated rings. The summed E-state index contributed by atoms with van der Waals surface area (Å²) >= 11 is 0. The minimum atomic E-state index is 0.413. The summed E-state index contributed by atoms with van der Waals surface area (Å²) in [6, 6.07) is 0.413. The third kappa shape index (κ3) is 4.32. The lowest BCUT2D eigenvalue weighted by molar-refractivity contribution is 0.00856. The fourth-order valence-corrected chi connectivity index (χ4v) is 2.75. The Bertz CT molecular complexity index is 358. The van der Waals surface area contributed by atoms with E-state index < -0.39 is 0 Å². The van der Waals surface area contributed by atoms with Crippen molar-refractivity contribution in [2.24, 2.45) is 0 Å². The molecule has 0 spiro atoms. The number of ether oxygens (including phenoxy) is 1. The molecule has 2 heterocycles. The lowest BCUT2D eigenvalue weighted by Crippen LogP contribution is -2.24. The maximum absolute atomic E-state index is 5.82. The minimum Gasteiger partial charge on any atom is -0.378 e. The fourth-order valence-electron chi connectivity index (χ4n) is 2.75. The van der Waals surface area contributed by atoms with Crippen molar-refractivity contribution < 1.29 is 4.74 Å². The van der Waals surface area contributed by atoms with E-state index in [2.05, 4.69) is 30.5 Å². The highest BCUT2D eigenvalue weighted by Crippen LogP contribution is 2.23. The summed E-state index contributed by atoms with van der Waals surface area (Å²) in [4.78, 5) is 0. The smallest absolute Gasteiger partial charge is 0.0575 e. The third-order valence-electron chi connectivity index (χ3n) is 3.88. The van der Waals surface area contributed by atoms with Gasteiger partial charge in [0.2, 0.25) is 0 Å². The van der Waals surface area contributed by atoms with Crippen LogP contribution in [0.5, 0.6) is 0 Å². The van der Waals surface area contributed by atoms with Crippen molar-refractivity contribution in [1.29, 1.82) is 0 Å². The second-order valence-corrected chi connectivity index (χ2v) is 5.31. The van der Waals surface area contributed by atoms with Gasteiger partial charge in [0.15, 0.2) is 0 Å². The van der Waals surface area contributed by atoms with E-state index in [9.17, 15) is 0 Å². The van der Waals surface area contributed by atoms with Gasteiger partial charge in [0.25, 0.3) is 0 Å². The third-order valence-corrected chi connectivity index (χ3v) is 3.88. The number of rotatable bonds is 7. The topological polar surface area (TPSA) is 39.1 Å². The fraction of sp³-hybridized carbons (Fsp3) is 0.800. The van der Waals surface area contributed by atoms with Crippen molar-refractivity contribution in [3.05, 3.63) is 18.0 Å². The molecule has 0 bridgehead atoms. The first-order valence-corrected chi connectivity index (χ1v) is 7.70. The first-order chi connectivity index (χ1) is 9.33. The summed E-state index contributed by atoms with van der Waals surface area (Å²) < 4.78 is 7.82. The van der Waals surface area contributed by atoms with Gasteiger partial charge in [-0.1, -0.05) is 6.92 Å². The Morgan fingerprint density at radius 2 is 2.37 bits per heavy atom. The van der Waals surface area contributed by atoms with Gasteiger partial charge in [-0.25, -0.2) is 0 Å². The Balaban J connectivity index is 1.87. The largest absolute Gasteiger partial charge is 0.378 e. The second kappa shape index (κ2) is 7.65. The number of nitrogens with one attached hydrogen (secondary N) is 1. The Morgan fingerprint density at radius 3 is 3.00 bits per heavy atom. The van der Waals surface area contributed by atoms with Crippen molar-refractivity contribution in [2.45, 2.75) is 64.6 Å². The monoisotopic (exact) mass is 265 g/mol. The number of hydrogen-bond donors (Lipinski definition) is 1. The van der Waals surface area contributed by atoms with Crippen LogP contribution in [0, 0.1) is 0 Å². The maximum atomic E-state index is 5.82. The Hall–Kier alpha value is -0.870. The number of aryl methyl sites for hydroxylation is 1. The summed E-state index contributed by atoms with van der Waals surface area (Å²) in [5, 5.41) is 7.95. The van der Waals surface area contributed by atoms with E-state index in [1.165, 1.54) is 24.8 Å². The van der Waals surface area contributed by atoms with Crippen molar-refractivity contribution in [3.8, 4) is 0 Å². The lowest BCUT2D eigenvalue weighted by atomic mass is 9.99. The highest BCUT2D eigenvalue weighted by Gasteiger charge is 2.18. The lowest BCUT2D eigenvalue weighted by Gasteiger charge is -2.25. The summed E-state index contributed by atoms with van der Waals surface area (Å²) in [7, 11) is 0. The van der Waals surface area contributed by atoms with Gasteiger partial charge in [0, 0.05) is 31.0 Å². The molecule has 4 heteroatoms. The van der Waals surface area contributed by atoms with E-state index in [4.69, 9.17) is 4.74 Å². The van der Waals surface area contributed by atoms with Crippen molar-refractivity contribution in [2.75, 3.05) is 13.2 Å². The number of nitrogens with zero attached hydrogens (tertiary/aromatic N) is 2. The number of hydrogen-bond acceptors (Lipinski definition) is 3. The van der Waals surface area contributed by atoms with Gasteiger partial charge in [0.05, 0.1) is 12.3 Å². The van der Waals surface area contributed by atoms with Gasteiger partial charge in [-0.05, 0) is 45.6 Å². The van der Waals surface area contributed by atoms with E-state index >= 15 is 0 Å². The normalized spacial score (nSPS) is 21.5. The van der Waals surface area contributed by atoms with Crippen LogP contribution in [-0.2, 0) is 11.3 Å². The molecule has 0 saturated carbocycles. The molecule has 2 unspecified atom stereocenters. The molecule has 1 saturated heterocycles. The highest BCUT2D eigenvalue weighted by atomic mass is 16.5. The Labute approximate surface area is 116 Å². The molecule has 0 aliphatic carbocycles. The van der Waals surface area contributed by atoms with E-state index in [1.807, 2.05) is 10.9 Å². The van der Waals surface area contributed by atoms with Crippen LogP contribution in [0.3, 0.4) is 0 Å². The molecule has 0 radical (unpaired) electrons. The van der Waals surface area contributed by atoms with Gasteiger partial charge in [0.1, 0.15) is 0 Å². The van der Waals surface area contributed by atoms with Crippen LogP contribution < -0.4 is 5.32 Å². The van der Waals surface area contributed by atoms with E-state index in [1.54, 1.807) is 0 Å². The summed E-state index contributed by atoms with van der Waals surface area (Å²) in [5.41, 5.74) is 1.31. The van der Waals surface area contributed by atoms with Gasteiger partial charge in [-0.3, -0.25) is 4.68 Å². The predicted octanol–water partition coefficient (Wildman–Crippen LogP) is 2.90. The predicted molar refractivity (Wildman–Crippen MR) is 77.1 cm³/mol. The van der Waals surface area contributed by atoms with Crippen LogP contribution in [0.25, 0.3) is 0 Å². The molecule has 2 atom stereocenters. The highest BCUT2D eigenvalue weighted by molar-refractivity contribution is 5.10. The van der Waals surface area contributed by atoms with Gasteiger partial charge < -0.3 is 10.1 Å². The van der Waals surface area contributed by atoms with Crippen molar-refractivity contribution >= 4 is 0 Å². The van der Waals surface area contributed by atoms with Crippen LogP contribution >= 0.6 is 0 Å². The van der Waals surface area contributed by atoms with E-state index in [0.717, 1.165) is 32.5 Å². The zero-order chi connectivity index (χ0) is 13.5. The first-order valence-electron chi connectivity index (χ1n) is 7.70. The van der Waals surface area contributed by atoms with Crippen molar-refractivity contribution in [1.82, 2.24) is 15.1 Å². The van der Waals surface area contributed by atoms with Crippen LogP contribution in [0.1, 0.15) is 57.6 Å². The summed E-state index contributed by atoms with van der Waals surface area (Å²) in [5.74, 6) is 0. The second-order valence-electron chi connectivity index (χ2n) is 5.31. The molecular formula is C15H27N3O. The molecule has 1 aliphatic rings. The molecule has 1 aromatic heterocycles. The average Bonchev–Trinajstić information content (AvgIpc) is 2.93. The molecule has 1 aliphatic heterocycles. The van der Waals surface area contributed by atoms with Gasteiger partial charge in [-0.2, -0.15) is 5.10 Å². The molecule has 1 N–H and O–H groups in total. The number of aromatic nitrogens is 2. The molecule has 0 aromatic carbocycles. The van der Waals surface area contributed by atoms with E-state index in [-0.39, 0.29) is 0 Å². The van der Waals surface area contributed by atoms with E-state index in [0.29, 0.717) is 12.1 Å². The molecular weight excluding hydrogens is 238 g/mol. The molecule has 4 nitrogen and oxygen atoms in total. The van der Waals surface area contributed by atoms with Crippen molar-refractivity contribution in [3.63, 3.8) is 0 Å². The first kappa shape index (κ1) is 14.5. The van der Waals surface area contributed by atoms with Crippen LogP contribution in [0.4, 0.5) is 0 Å². The van der Waals surface area contributed by atoms with Crippen LogP contribution in [0.15, 0.2) is 12.4 Å². The standard InChI is InChI=1S/C15H27N3O/c1-3-16-15(13-11-17-18(4-2)12-13)9-8-14-7-5-6-10-19-14/h11-12,14-16H,3-10H2,1-2H3. The average molecular weight is 265 g/mol.